The van der Waals surface area contributed by atoms with E-state index in [0.29, 0.717) is 11.2 Å². The summed E-state index contributed by atoms with van der Waals surface area (Å²) in [6, 6.07) is 3.36. The van der Waals surface area contributed by atoms with Crippen molar-refractivity contribution in [1.82, 2.24) is 0 Å². The molecule has 140 valence electrons. The van der Waals surface area contributed by atoms with Crippen LogP contribution in [0.4, 0.5) is 4.39 Å². The zero-order valence-electron chi connectivity index (χ0n) is 17.3. The molecule has 0 amide bonds. The highest BCUT2D eigenvalue weighted by Gasteiger charge is 2.53. The number of hydrogen-bond acceptors (Lipinski definition) is 3. The Labute approximate surface area is 153 Å². The summed E-state index contributed by atoms with van der Waals surface area (Å²) < 4.78 is 33.2. The van der Waals surface area contributed by atoms with Crippen molar-refractivity contribution in [3.05, 3.63) is 23.5 Å². The molecular formula is C19H32BFO3Si. The lowest BCUT2D eigenvalue weighted by Gasteiger charge is -2.36. The van der Waals surface area contributed by atoms with Crippen molar-refractivity contribution >= 4 is 20.9 Å². The molecule has 0 bridgehead atoms. The lowest BCUT2D eigenvalue weighted by molar-refractivity contribution is 0.00578. The van der Waals surface area contributed by atoms with Gasteiger partial charge in [-0.05, 0) is 64.4 Å². The second-order valence-corrected chi connectivity index (χ2v) is 14.3. The molecule has 1 aliphatic heterocycles. The molecular weight excluding hydrogens is 334 g/mol. The van der Waals surface area contributed by atoms with Crippen LogP contribution in [0.2, 0.25) is 18.1 Å². The summed E-state index contributed by atoms with van der Waals surface area (Å²) in [4.78, 5) is 0. The van der Waals surface area contributed by atoms with E-state index < -0.39 is 26.6 Å². The zero-order chi connectivity index (χ0) is 19.4. The lowest BCUT2D eigenvalue weighted by atomic mass is 9.75. The molecule has 1 saturated heterocycles. The minimum Gasteiger partial charge on any atom is -0.543 e. The van der Waals surface area contributed by atoms with Crippen LogP contribution < -0.4 is 9.89 Å². The van der Waals surface area contributed by atoms with E-state index in [9.17, 15) is 4.39 Å². The van der Waals surface area contributed by atoms with Crippen molar-refractivity contribution < 1.29 is 18.1 Å². The fourth-order valence-electron chi connectivity index (χ4n) is 2.49. The van der Waals surface area contributed by atoms with Crippen LogP contribution in [0, 0.1) is 12.7 Å². The third-order valence-corrected chi connectivity index (χ3v) is 10.3. The Hall–Kier alpha value is -0.848. The van der Waals surface area contributed by atoms with E-state index in [1.807, 2.05) is 40.7 Å². The van der Waals surface area contributed by atoms with Gasteiger partial charge in [-0.25, -0.2) is 4.39 Å². The van der Waals surface area contributed by atoms with Crippen LogP contribution in [0.15, 0.2) is 12.1 Å². The average molecular weight is 366 g/mol. The van der Waals surface area contributed by atoms with E-state index in [-0.39, 0.29) is 10.9 Å². The quantitative estimate of drug-likeness (QED) is 0.718. The highest BCUT2D eigenvalue weighted by atomic mass is 28.4. The molecule has 0 atom stereocenters. The van der Waals surface area contributed by atoms with E-state index in [0.717, 1.165) is 5.56 Å². The van der Waals surface area contributed by atoms with Gasteiger partial charge in [-0.2, -0.15) is 0 Å². The maximum absolute atomic E-state index is 14.9. The van der Waals surface area contributed by atoms with Crippen LogP contribution in [0.25, 0.3) is 0 Å². The fourth-order valence-corrected chi connectivity index (χ4v) is 3.50. The van der Waals surface area contributed by atoms with E-state index in [1.54, 1.807) is 0 Å². The van der Waals surface area contributed by atoms with Crippen LogP contribution in [0.1, 0.15) is 54.0 Å². The van der Waals surface area contributed by atoms with Crippen molar-refractivity contribution in [2.75, 3.05) is 0 Å². The van der Waals surface area contributed by atoms with Crippen LogP contribution in [0.5, 0.6) is 5.75 Å². The maximum atomic E-state index is 14.9. The Morgan fingerprint density at radius 3 is 1.92 bits per heavy atom. The van der Waals surface area contributed by atoms with Gasteiger partial charge in [0.05, 0.1) is 11.2 Å². The smallest absolute Gasteiger partial charge is 0.498 e. The van der Waals surface area contributed by atoms with E-state index in [1.165, 1.54) is 6.07 Å². The molecule has 6 heteroatoms. The molecule has 0 aromatic heterocycles. The summed E-state index contributed by atoms with van der Waals surface area (Å²) in [5, 5.41) is 0.0573. The third kappa shape index (κ3) is 3.81. The zero-order valence-corrected chi connectivity index (χ0v) is 18.3. The van der Waals surface area contributed by atoms with Gasteiger partial charge in [0.25, 0.3) is 0 Å². The second-order valence-electron chi connectivity index (χ2n) is 9.59. The SMILES string of the molecule is Cc1cc(O[Si](C)(C)C(C)(C)C)cc(F)c1B1OC(C)(C)C(C)(C)O1. The number of hydrogen-bond donors (Lipinski definition) is 0. The number of aryl methyl sites for hydroxylation is 1. The summed E-state index contributed by atoms with van der Waals surface area (Å²) in [6.07, 6.45) is 0. The number of rotatable bonds is 3. The Bertz CT molecular complexity index is 626. The molecule has 1 heterocycles. The molecule has 0 saturated carbocycles. The Morgan fingerprint density at radius 1 is 1.04 bits per heavy atom. The van der Waals surface area contributed by atoms with Gasteiger partial charge in [-0.3, -0.25) is 0 Å². The standard InChI is InChI=1S/C19H32BFO3Si/c1-13-11-14(22-25(9,10)17(2,3)4)12-15(21)16(13)20-23-18(5,6)19(7,8)24-20/h11-12H,1-10H3. The summed E-state index contributed by atoms with van der Waals surface area (Å²) in [5.41, 5.74) is 0.258. The molecule has 25 heavy (non-hydrogen) atoms. The van der Waals surface area contributed by atoms with Crippen LogP contribution in [-0.2, 0) is 9.31 Å². The normalized spacial score (nSPS) is 20.0. The maximum Gasteiger partial charge on any atom is 0.498 e. The Balaban J connectivity index is 2.34. The molecule has 0 unspecified atom stereocenters. The van der Waals surface area contributed by atoms with Gasteiger partial charge in [0.2, 0.25) is 8.32 Å². The molecule has 2 rings (SSSR count). The summed E-state index contributed by atoms with van der Waals surface area (Å²) in [7, 11) is -2.72. The molecule has 0 radical (unpaired) electrons. The molecule has 0 aliphatic carbocycles. The molecule has 1 aromatic carbocycles. The minimum atomic E-state index is -2.02. The van der Waals surface area contributed by atoms with Gasteiger partial charge < -0.3 is 13.7 Å². The minimum absolute atomic E-state index is 0.0573. The second kappa shape index (κ2) is 6.10. The summed E-state index contributed by atoms with van der Waals surface area (Å²) >= 11 is 0. The van der Waals surface area contributed by atoms with Crippen molar-refractivity contribution in [3.63, 3.8) is 0 Å². The summed E-state index contributed by atoms with van der Waals surface area (Å²) in [5.74, 6) is 0.245. The van der Waals surface area contributed by atoms with Crippen molar-refractivity contribution in [2.24, 2.45) is 0 Å². The first-order valence-corrected chi connectivity index (χ1v) is 11.8. The number of benzene rings is 1. The Morgan fingerprint density at radius 2 is 1.52 bits per heavy atom. The van der Waals surface area contributed by atoms with E-state index in [4.69, 9.17) is 13.7 Å². The first-order chi connectivity index (χ1) is 11.1. The van der Waals surface area contributed by atoms with E-state index >= 15 is 0 Å². The molecule has 0 spiro atoms. The van der Waals surface area contributed by atoms with Crippen molar-refractivity contribution in [2.45, 2.75) is 84.7 Å². The summed E-state index contributed by atoms with van der Waals surface area (Å²) in [6.45, 7) is 20.6. The largest absolute Gasteiger partial charge is 0.543 e. The van der Waals surface area contributed by atoms with Crippen LogP contribution >= 0.6 is 0 Å². The fraction of sp³-hybridized carbons (Fsp3) is 0.684. The Kier molecular flexibility index (Phi) is 4.99. The highest BCUT2D eigenvalue weighted by Crippen LogP contribution is 2.39. The van der Waals surface area contributed by atoms with Gasteiger partial charge in [-0.15, -0.1) is 0 Å². The van der Waals surface area contributed by atoms with Gasteiger partial charge in [0, 0.05) is 11.5 Å². The van der Waals surface area contributed by atoms with Gasteiger partial charge in [-0.1, -0.05) is 20.8 Å². The topological polar surface area (TPSA) is 27.7 Å². The first kappa shape index (κ1) is 20.5. The van der Waals surface area contributed by atoms with Gasteiger partial charge in [0.1, 0.15) is 11.6 Å². The molecule has 1 fully saturated rings. The predicted molar refractivity (Wildman–Crippen MR) is 105 cm³/mol. The van der Waals surface area contributed by atoms with Crippen molar-refractivity contribution in [1.29, 1.82) is 0 Å². The van der Waals surface area contributed by atoms with E-state index in [2.05, 4.69) is 33.9 Å². The first-order valence-electron chi connectivity index (χ1n) is 8.92. The van der Waals surface area contributed by atoms with Crippen molar-refractivity contribution in [3.8, 4) is 5.75 Å². The molecule has 3 nitrogen and oxygen atoms in total. The highest BCUT2D eigenvalue weighted by molar-refractivity contribution is 6.74. The monoisotopic (exact) mass is 366 g/mol. The number of halogens is 1. The lowest BCUT2D eigenvalue weighted by Crippen LogP contribution is -2.44. The van der Waals surface area contributed by atoms with Crippen LogP contribution in [0.3, 0.4) is 0 Å². The molecule has 1 aliphatic rings. The third-order valence-electron chi connectivity index (χ3n) is 5.98. The van der Waals surface area contributed by atoms with Gasteiger partial charge >= 0.3 is 7.12 Å². The molecule has 0 N–H and O–H groups in total. The van der Waals surface area contributed by atoms with Gasteiger partial charge in [0.15, 0.2) is 0 Å². The molecule has 1 aromatic rings. The van der Waals surface area contributed by atoms with Crippen LogP contribution in [-0.4, -0.2) is 26.6 Å². The predicted octanol–water partition coefficient (Wildman–Crippen LogP) is 4.82. The average Bonchev–Trinajstić information content (AvgIpc) is 2.54.